The van der Waals surface area contributed by atoms with Gasteiger partial charge in [0.2, 0.25) is 0 Å². The van der Waals surface area contributed by atoms with Gasteiger partial charge in [0, 0.05) is 19.3 Å². The van der Waals surface area contributed by atoms with Crippen molar-refractivity contribution in [3.63, 3.8) is 0 Å². The first-order valence-electron chi connectivity index (χ1n) is 30.0. The molecule has 0 rings (SSSR count). The van der Waals surface area contributed by atoms with E-state index in [-0.39, 0.29) is 31.1 Å². The smallest absolute Gasteiger partial charge is 0.306 e. The number of hydrogen-bond donors (Lipinski definition) is 0. The van der Waals surface area contributed by atoms with E-state index >= 15 is 0 Å². The highest BCUT2D eigenvalue weighted by molar-refractivity contribution is 5.71. The van der Waals surface area contributed by atoms with Crippen LogP contribution in [0, 0.1) is 0 Å². The van der Waals surface area contributed by atoms with Crippen molar-refractivity contribution in [2.45, 2.75) is 271 Å². The summed E-state index contributed by atoms with van der Waals surface area (Å²) < 4.78 is 16.9. The maximum Gasteiger partial charge on any atom is 0.306 e. The zero-order valence-electron chi connectivity index (χ0n) is 47.4. The van der Waals surface area contributed by atoms with Crippen LogP contribution in [0.15, 0.2) is 122 Å². The Morgan fingerprint density at radius 1 is 0.288 bits per heavy atom. The minimum atomic E-state index is -0.801. The van der Waals surface area contributed by atoms with E-state index in [1.807, 2.05) is 0 Å². The van der Waals surface area contributed by atoms with Gasteiger partial charge in [-0.3, -0.25) is 14.4 Å². The van der Waals surface area contributed by atoms with Crippen molar-refractivity contribution in [2.75, 3.05) is 13.2 Å². The molecule has 0 heterocycles. The highest BCUT2D eigenvalue weighted by Crippen LogP contribution is 2.14. The molecule has 414 valence electrons. The second-order valence-electron chi connectivity index (χ2n) is 19.5. The molecule has 6 heteroatoms. The van der Waals surface area contributed by atoms with E-state index in [2.05, 4.69) is 142 Å². The third-order valence-corrected chi connectivity index (χ3v) is 12.4. The Hall–Kier alpha value is -4.19. The number of unbranched alkanes of at least 4 members (excludes halogenated alkanes) is 22. The molecule has 1 atom stereocenters. The zero-order chi connectivity index (χ0) is 52.9. The van der Waals surface area contributed by atoms with Crippen LogP contribution in [-0.4, -0.2) is 37.2 Å². The molecule has 0 aliphatic carbocycles. The summed E-state index contributed by atoms with van der Waals surface area (Å²) in [5.41, 5.74) is 0. The first kappa shape index (κ1) is 68.8. The molecule has 0 saturated carbocycles. The van der Waals surface area contributed by atoms with Gasteiger partial charge in [0.25, 0.3) is 0 Å². The number of carbonyl (C=O) groups is 3. The third kappa shape index (κ3) is 58.6. The molecular formula is C67H110O6. The second kappa shape index (κ2) is 60.4. The van der Waals surface area contributed by atoms with Gasteiger partial charge in [-0.05, 0) is 128 Å². The van der Waals surface area contributed by atoms with Crippen molar-refractivity contribution in [3.8, 4) is 0 Å². The lowest BCUT2D eigenvalue weighted by atomic mass is 10.1. The summed E-state index contributed by atoms with van der Waals surface area (Å²) in [6.07, 6.45) is 83.3. The Balaban J connectivity index is 4.39. The average Bonchev–Trinajstić information content (AvgIpc) is 3.39. The summed E-state index contributed by atoms with van der Waals surface area (Å²) in [6, 6.07) is 0. The maximum atomic E-state index is 12.9. The topological polar surface area (TPSA) is 78.9 Å². The summed E-state index contributed by atoms with van der Waals surface area (Å²) in [7, 11) is 0. The molecule has 0 aromatic carbocycles. The SMILES string of the molecule is CC/C=C\C/C=C\C/C=C\C/C=C\C/C=C\CCCCCCCCCCCC(=O)OCC(COC(=O)CCCCCCC/C=C\CCCCCC)OC(=O)CCCCCC/C=C\C/C=C\C/C=C\C/C=C\CC. The summed E-state index contributed by atoms with van der Waals surface area (Å²) in [5.74, 6) is -0.934. The lowest BCUT2D eigenvalue weighted by Gasteiger charge is -2.18. The second-order valence-corrected chi connectivity index (χ2v) is 19.5. The lowest BCUT2D eigenvalue weighted by Crippen LogP contribution is -2.30. The van der Waals surface area contributed by atoms with Crippen LogP contribution in [0.25, 0.3) is 0 Å². The number of rotatable bonds is 53. The Morgan fingerprint density at radius 2 is 0.534 bits per heavy atom. The molecule has 0 aliphatic rings. The van der Waals surface area contributed by atoms with E-state index in [1.165, 1.54) is 77.0 Å². The van der Waals surface area contributed by atoms with Crippen LogP contribution in [0.4, 0.5) is 0 Å². The highest BCUT2D eigenvalue weighted by Gasteiger charge is 2.19. The molecule has 0 aromatic rings. The molecule has 0 aliphatic heterocycles. The lowest BCUT2D eigenvalue weighted by molar-refractivity contribution is -0.167. The normalized spacial score (nSPS) is 13.0. The van der Waals surface area contributed by atoms with Crippen molar-refractivity contribution in [3.05, 3.63) is 122 Å². The van der Waals surface area contributed by atoms with E-state index < -0.39 is 6.10 Å². The number of esters is 3. The van der Waals surface area contributed by atoms with Gasteiger partial charge in [0.05, 0.1) is 0 Å². The number of allylic oxidation sites excluding steroid dienone is 20. The quantitative estimate of drug-likeness (QED) is 0.0261. The highest BCUT2D eigenvalue weighted by atomic mass is 16.6. The van der Waals surface area contributed by atoms with Gasteiger partial charge in [0.1, 0.15) is 13.2 Å². The third-order valence-electron chi connectivity index (χ3n) is 12.4. The molecule has 0 saturated heterocycles. The van der Waals surface area contributed by atoms with Crippen LogP contribution in [-0.2, 0) is 28.6 Å². The van der Waals surface area contributed by atoms with E-state index in [4.69, 9.17) is 14.2 Å². The van der Waals surface area contributed by atoms with Crippen molar-refractivity contribution in [2.24, 2.45) is 0 Å². The molecule has 0 fully saturated rings. The minimum Gasteiger partial charge on any atom is -0.462 e. The van der Waals surface area contributed by atoms with Crippen molar-refractivity contribution in [1.29, 1.82) is 0 Å². The van der Waals surface area contributed by atoms with Gasteiger partial charge in [-0.2, -0.15) is 0 Å². The largest absolute Gasteiger partial charge is 0.462 e. The van der Waals surface area contributed by atoms with Crippen LogP contribution >= 0.6 is 0 Å². The summed E-state index contributed by atoms with van der Waals surface area (Å²) in [5, 5.41) is 0. The van der Waals surface area contributed by atoms with Gasteiger partial charge in [-0.25, -0.2) is 0 Å². The molecule has 1 unspecified atom stereocenters. The predicted molar refractivity (Wildman–Crippen MR) is 316 cm³/mol. The molecule has 0 amide bonds. The van der Waals surface area contributed by atoms with Gasteiger partial charge in [0.15, 0.2) is 6.10 Å². The average molecular weight is 1010 g/mol. The van der Waals surface area contributed by atoms with Crippen LogP contribution in [0.3, 0.4) is 0 Å². The minimum absolute atomic E-state index is 0.0962. The van der Waals surface area contributed by atoms with Gasteiger partial charge in [-0.15, -0.1) is 0 Å². The Morgan fingerprint density at radius 3 is 0.849 bits per heavy atom. The number of hydrogen-bond acceptors (Lipinski definition) is 6. The van der Waals surface area contributed by atoms with Gasteiger partial charge in [-0.1, -0.05) is 239 Å². The zero-order valence-corrected chi connectivity index (χ0v) is 47.4. The molecule has 0 N–H and O–H groups in total. The van der Waals surface area contributed by atoms with Gasteiger partial charge < -0.3 is 14.2 Å². The molecule has 0 spiro atoms. The van der Waals surface area contributed by atoms with Gasteiger partial charge >= 0.3 is 17.9 Å². The summed E-state index contributed by atoms with van der Waals surface area (Å²) in [6.45, 7) is 6.37. The van der Waals surface area contributed by atoms with E-state index in [0.717, 1.165) is 148 Å². The maximum absolute atomic E-state index is 12.9. The van der Waals surface area contributed by atoms with E-state index in [9.17, 15) is 14.4 Å². The molecular weight excluding hydrogens is 901 g/mol. The Kier molecular flexibility index (Phi) is 56.9. The van der Waals surface area contributed by atoms with Crippen molar-refractivity contribution >= 4 is 17.9 Å². The first-order valence-corrected chi connectivity index (χ1v) is 30.0. The standard InChI is InChI=1S/C67H110O6/c1-4-7-10-13-16-19-22-25-27-29-30-31-32-33-34-35-36-38-39-42-45-48-51-54-57-60-66(69)72-63-64(62-71-65(68)59-56-53-50-47-44-41-24-21-18-15-12-9-6-3)73-67(70)61-58-55-52-49-46-43-40-37-28-26-23-20-17-14-11-8-5-2/h7-8,10-11,16-17,19-21,24-28,30-31,33-34,40,43,64H,4-6,9,12-15,18,22-23,29,32,35-39,41-42,44-63H2,1-3H3/b10-7-,11-8-,19-16-,20-17-,24-21-,27-25-,28-26-,31-30-,34-33-,43-40-. The predicted octanol–water partition coefficient (Wildman–Crippen LogP) is 20.4. The fraction of sp³-hybridized carbons (Fsp3) is 0.657. The molecule has 0 radical (unpaired) electrons. The monoisotopic (exact) mass is 1010 g/mol. The van der Waals surface area contributed by atoms with Crippen LogP contribution in [0.5, 0.6) is 0 Å². The van der Waals surface area contributed by atoms with Crippen molar-refractivity contribution < 1.29 is 28.6 Å². The van der Waals surface area contributed by atoms with Crippen molar-refractivity contribution in [1.82, 2.24) is 0 Å². The first-order chi connectivity index (χ1) is 36.0. The molecule has 0 aromatic heterocycles. The molecule has 6 nitrogen and oxygen atoms in total. The number of carbonyl (C=O) groups excluding carboxylic acids is 3. The number of ether oxygens (including phenoxy) is 3. The Bertz CT molecular complexity index is 1540. The molecule has 0 bridgehead atoms. The van der Waals surface area contributed by atoms with Crippen LogP contribution < -0.4 is 0 Å². The summed E-state index contributed by atoms with van der Waals surface area (Å²) in [4.78, 5) is 38.2. The fourth-order valence-corrected chi connectivity index (χ4v) is 7.98. The summed E-state index contributed by atoms with van der Waals surface area (Å²) >= 11 is 0. The fourth-order valence-electron chi connectivity index (χ4n) is 7.98. The van der Waals surface area contributed by atoms with E-state index in [1.54, 1.807) is 0 Å². The molecule has 73 heavy (non-hydrogen) atoms. The van der Waals surface area contributed by atoms with Crippen LogP contribution in [0.2, 0.25) is 0 Å². The van der Waals surface area contributed by atoms with Crippen LogP contribution in [0.1, 0.15) is 265 Å². The Labute approximate surface area is 450 Å². The van der Waals surface area contributed by atoms with E-state index in [0.29, 0.717) is 19.3 Å².